The fourth-order valence-corrected chi connectivity index (χ4v) is 3.69. The van der Waals surface area contributed by atoms with Crippen molar-refractivity contribution in [3.8, 4) is 0 Å². The van der Waals surface area contributed by atoms with Crippen LogP contribution in [0.3, 0.4) is 0 Å². The molecule has 0 aliphatic carbocycles. The van der Waals surface area contributed by atoms with Crippen molar-refractivity contribution in [3.63, 3.8) is 0 Å². The smallest absolute Gasteiger partial charge is 0.207 e. The lowest BCUT2D eigenvalue weighted by atomic mass is 9.35. The van der Waals surface area contributed by atoms with Crippen molar-refractivity contribution in [1.82, 2.24) is 0 Å². The molecule has 0 bridgehead atoms. The molecule has 28 heavy (non-hydrogen) atoms. The second-order valence-corrected chi connectivity index (χ2v) is 6.76. The van der Waals surface area contributed by atoms with Crippen LogP contribution in [0.5, 0.6) is 0 Å². The Morgan fingerprint density at radius 3 is 1.29 bits per heavy atom. The standard InChI is InChI=1S/C21H15BF6/c1-10-8-11(2)17(12(3)9-10)22(18-13(23)4-6-15(25)20(18)27)19-14(24)5-7-16(26)21(19)28/h4-9H,1-3H3. The first kappa shape index (κ1) is 20.0. The minimum Gasteiger partial charge on any atom is -0.207 e. The molecule has 0 radical (unpaired) electrons. The molecule has 0 amide bonds. The van der Waals surface area contributed by atoms with Crippen LogP contribution in [-0.4, -0.2) is 6.71 Å². The van der Waals surface area contributed by atoms with Gasteiger partial charge in [-0.05, 0) is 45.0 Å². The lowest BCUT2D eigenvalue weighted by Gasteiger charge is -2.22. The van der Waals surface area contributed by atoms with Gasteiger partial charge in [0.05, 0.1) is 0 Å². The third kappa shape index (κ3) is 3.30. The number of rotatable bonds is 3. The maximum absolute atomic E-state index is 14.6. The molecule has 0 atom stereocenters. The van der Waals surface area contributed by atoms with Gasteiger partial charge in [0.15, 0.2) is 23.3 Å². The van der Waals surface area contributed by atoms with Gasteiger partial charge in [-0.3, -0.25) is 0 Å². The van der Waals surface area contributed by atoms with Gasteiger partial charge >= 0.3 is 0 Å². The Balaban J connectivity index is 2.49. The quantitative estimate of drug-likeness (QED) is 0.360. The molecule has 0 unspecified atom stereocenters. The Bertz CT molecular complexity index is 996. The van der Waals surface area contributed by atoms with Gasteiger partial charge in [-0.15, -0.1) is 0 Å². The van der Waals surface area contributed by atoms with E-state index in [4.69, 9.17) is 0 Å². The lowest BCUT2D eigenvalue weighted by molar-refractivity contribution is 0.500. The third-order valence-electron chi connectivity index (χ3n) is 4.76. The van der Waals surface area contributed by atoms with Crippen molar-refractivity contribution < 1.29 is 26.3 Å². The Morgan fingerprint density at radius 2 is 0.893 bits per heavy atom. The van der Waals surface area contributed by atoms with Crippen molar-refractivity contribution in [1.29, 1.82) is 0 Å². The lowest BCUT2D eigenvalue weighted by Crippen LogP contribution is -2.58. The van der Waals surface area contributed by atoms with Gasteiger partial charge in [0.1, 0.15) is 11.6 Å². The van der Waals surface area contributed by atoms with Crippen LogP contribution in [0.1, 0.15) is 16.7 Å². The average molecular weight is 392 g/mol. The molecule has 7 heteroatoms. The zero-order chi connectivity index (χ0) is 20.7. The molecule has 0 aliphatic rings. The molecule has 3 aromatic carbocycles. The Labute approximate surface area is 158 Å². The summed E-state index contributed by atoms with van der Waals surface area (Å²) < 4.78 is 86.3. The van der Waals surface area contributed by atoms with E-state index in [2.05, 4.69) is 0 Å². The zero-order valence-electron chi connectivity index (χ0n) is 15.3. The van der Waals surface area contributed by atoms with Crippen LogP contribution >= 0.6 is 0 Å². The average Bonchev–Trinajstić information content (AvgIpc) is 2.61. The highest BCUT2D eigenvalue weighted by atomic mass is 19.2. The van der Waals surface area contributed by atoms with Crippen LogP contribution < -0.4 is 16.4 Å². The largest absolute Gasteiger partial charge is 0.257 e. The Morgan fingerprint density at radius 1 is 0.536 bits per heavy atom. The first-order valence-corrected chi connectivity index (χ1v) is 8.48. The molecule has 144 valence electrons. The van der Waals surface area contributed by atoms with Crippen molar-refractivity contribution in [3.05, 3.63) is 88.0 Å². The summed E-state index contributed by atoms with van der Waals surface area (Å²) in [6, 6.07) is 5.85. The van der Waals surface area contributed by atoms with Crippen molar-refractivity contribution in [2.75, 3.05) is 0 Å². The summed E-state index contributed by atoms with van der Waals surface area (Å²) in [6.07, 6.45) is 0. The highest BCUT2D eigenvalue weighted by Gasteiger charge is 2.36. The normalized spacial score (nSPS) is 11.0. The summed E-state index contributed by atoms with van der Waals surface area (Å²) in [6.45, 7) is 3.27. The van der Waals surface area contributed by atoms with Gasteiger partial charge in [-0.1, -0.05) is 34.3 Å². The molecule has 0 aliphatic heterocycles. The molecule has 0 heterocycles. The van der Waals surface area contributed by atoms with E-state index in [1.165, 1.54) is 0 Å². The minimum atomic E-state index is -1.72. The van der Waals surface area contributed by atoms with E-state index in [0.717, 1.165) is 5.56 Å². The third-order valence-corrected chi connectivity index (χ3v) is 4.76. The van der Waals surface area contributed by atoms with E-state index < -0.39 is 52.5 Å². The van der Waals surface area contributed by atoms with Crippen LogP contribution in [-0.2, 0) is 0 Å². The summed E-state index contributed by atoms with van der Waals surface area (Å²) >= 11 is 0. The van der Waals surface area contributed by atoms with Crippen LogP contribution in [0.25, 0.3) is 0 Å². The van der Waals surface area contributed by atoms with Gasteiger partial charge in [-0.2, -0.15) is 0 Å². The van der Waals surface area contributed by atoms with Gasteiger partial charge in [0.25, 0.3) is 6.71 Å². The molecule has 0 saturated heterocycles. The fraction of sp³-hybridized carbons (Fsp3) is 0.143. The van der Waals surface area contributed by atoms with E-state index in [9.17, 15) is 26.3 Å². The van der Waals surface area contributed by atoms with Crippen LogP contribution in [0.4, 0.5) is 26.3 Å². The highest BCUT2D eigenvalue weighted by Crippen LogP contribution is 2.15. The second kappa shape index (κ2) is 7.38. The molecule has 3 aromatic rings. The molecule has 0 N–H and O–H groups in total. The first-order chi connectivity index (χ1) is 13.1. The van der Waals surface area contributed by atoms with E-state index in [1.54, 1.807) is 32.9 Å². The molecule has 3 rings (SSSR count). The summed E-state index contributed by atoms with van der Waals surface area (Å²) in [5.74, 6) is -8.28. The number of halogens is 6. The first-order valence-electron chi connectivity index (χ1n) is 8.48. The monoisotopic (exact) mass is 392 g/mol. The minimum absolute atomic E-state index is 0.178. The van der Waals surface area contributed by atoms with Crippen LogP contribution in [0.15, 0.2) is 36.4 Å². The fourth-order valence-electron chi connectivity index (χ4n) is 3.69. The topological polar surface area (TPSA) is 0 Å². The second-order valence-electron chi connectivity index (χ2n) is 6.76. The van der Waals surface area contributed by atoms with Crippen molar-refractivity contribution >= 4 is 23.1 Å². The number of hydrogen-bond acceptors (Lipinski definition) is 0. The van der Waals surface area contributed by atoms with Gasteiger partial charge in [0, 0.05) is 10.9 Å². The number of aryl methyl sites for hydroxylation is 3. The Hall–Kier alpha value is -2.70. The molecule has 0 aromatic heterocycles. The van der Waals surface area contributed by atoms with Gasteiger partial charge < -0.3 is 0 Å². The van der Waals surface area contributed by atoms with Gasteiger partial charge in [0.2, 0.25) is 0 Å². The number of hydrogen-bond donors (Lipinski definition) is 0. The summed E-state index contributed by atoms with van der Waals surface area (Å²) in [4.78, 5) is 0. The molecule has 0 spiro atoms. The van der Waals surface area contributed by atoms with Crippen molar-refractivity contribution in [2.45, 2.75) is 20.8 Å². The van der Waals surface area contributed by atoms with Gasteiger partial charge in [-0.25, -0.2) is 26.3 Å². The predicted molar refractivity (Wildman–Crippen MR) is 97.9 cm³/mol. The summed E-state index contributed by atoms with van der Waals surface area (Å²) in [7, 11) is 0. The molecule has 0 saturated carbocycles. The van der Waals surface area contributed by atoms with Crippen LogP contribution in [0, 0.1) is 55.7 Å². The highest BCUT2D eigenvalue weighted by molar-refractivity contribution is 6.96. The summed E-state index contributed by atoms with van der Waals surface area (Å²) in [5, 5.41) is 0. The van der Waals surface area contributed by atoms with Crippen molar-refractivity contribution in [2.24, 2.45) is 0 Å². The molecule has 0 nitrogen and oxygen atoms in total. The maximum atomic E-state index is 14.6. The number of benzene rings is 3. The molecular formula is C21H15BF6. The zero-order valence-corrected chi connectivity index (χ0v) is 15.3. The predicted octanol–water partition coefficient (Wildman–Crippen LogP) is 3.96. The SMILES string of the molecule is Cc1cc(C)c(B(c2c(F)ccc(F)c2F)c2c(F)ccc(F)c2F)c(C)c1. The maximum Gasteiger partial charge on any atom is 0.257 e. The Kier molecular flexibility index (Phi) is 5.28. The molecular weight excluding hydrogens is 377 g/mol. The van der Waals surface area contributed by atoms with E-state index in [1.807, 2.05) is 0 Å². The summed E-state index contributed by atoms with van der Waals surface area (Å²) in [5.41, 5.74) is 0.203. The van der Waals surface area contributed by atoms with E-state index >= 15 is 0 Å². The molecule has 0 fully saturated rings. The van der Waals surface area contributed by atoms with E-state index in [-0.39, 0.29) is 5.46 Å². The van der Waals surface area contributed by atoms with E-state index in [0.29, 0.717) is 35.4 Å². The van der Waals surface area contributed by atoms with Crippen LogP contribution in [0.2, 0.25) is 0 Å².